The molecule has 4 nitrogen and oxygen atoms in total. The van der Waals surface area contributed by atoms with Gasteiger partial charge in [0.05, 0.1) is 6.10 Å². The number of hydrogen-bond acceptors (Lipinski definition) is 4. The lowest BCUT2D eigenvalue weighted by molar-refractivity contribution is 0.104. The predicted octanol–water partition coefficient (Wildman–Crippen LogP) is 6.71. The topological polar surface area (TPSA) is 66.8 Å². The Hall–Kier alpha value is -3.27. The average molecular weight is 435 g/mol. The third-order valence-corrected chi connectivity index (χ3v) is 5.56. The van der Waals surface area contributed by atoms with Gasteiger partial charge in [0.25, 0.3) is 0 Å². The van der Waals surface area contributed by atoms with E-state index in [1.54, 1.807) is 30.4 Å². The molecule has 170 valence electrons. The molecule has 32 heavy (non-hydrogen) atoms. The summed E-state index contributed by atoms with van der Waals surface area (Å²) in [5, 5.41) is 20.8. The standard InChI is InChI=1S/C28H34O4/c1-9-27(5,6)22-17-20(13-16-23(30)19-11-14-21(29)15-12-19)26(32-18(3)4)24(25(22)31)28(7,8)10-2/h9-18,29,31H,1-2H2,3-8H3/b16-13+. The normalized spacial score (nSPS) is 12.2. The first kappa shape index (κ1) is 25.0. The summed E-state index contributed by atoms with van der Waals surface area (Å²) in [6.07, 6.45) is 6.59. The van der Waals surface area contributed by atoms with Gasteiger partial charge in [0, 0.05) is 33.1 Å². The number of aromatic hydroxyl groups is 2. The Morgan fingerprint density at radius 3 is 2.06 bits per heavy atom. The smallest absolute Gasteiger partial charge is 0.185 e. The van der Waals surface area contributed by atoms with Crippen LogP contribution in [0.1, 0.15) is 68.6 Å². The summed E-state index contributed by atoms with van der Waals surface area (Å²) in [5.41, 5.74) is 1.33. The fourth-order valence-electron chi connectivity index (χ4n) is 3.35. The minimum absolute atomic E-state index is 0.101. The second-order valence-corrected chi connectivity index (χ2v) is 9.33. The van der Waals surface area contributed by atoms with Gasteiger partial charge in [-0.15, -0.1) is 13.2 Å². The van der Waals surface area contributed by atoms with Gasteiger partial charge in [-0.05, 0) is 56.3 Å². The van der Waals surface area contributed by atoms with Crippen molar-refractivity contribution in [1.82, 2.24) is 0 Å². The molecule has 2 rings (SSSR count). The van der Waals surface area contributed by atoms with Crippen LogP contribution in [0.4, 0.5) is 0 Å². The number of ketones is 1. The van der Waals surface area contributed by atoms with Crippen LogP contribution in [-0.2, 0) is 10.8 Å². The number of phenolic OH excluding ortho intramolecular Hbond substituents is 2. The van der Waals surface area contributed by atoms with Crippen LogP contribution in [0.25, 0.3) is 6.08 Å². The predicted molar refractivity (Wildman–Crippen MR) is 132 cm³/mol. The summed E-state index contributed by atoms with van der Waals surface area (Å²) in [4.78, 5) is 12.7. The monoisotopic (exact) mass is 434 g/mol. The van der Waals surface area contributed by atoms with Gasteiger partial charge < -0.3 is 14.9 Å². The number of benzene rings is 2. The summed E-state index contributed by atoms with van der Waals surface area (Å²) in [5.74, 6) is 0.546. The SMILES string of the molecule is C=CC(C)(C)c1cc(/C=C/C(=O)c2ccc(O)cc2)c(OC(C)C)c(C(C)(C)C=C)c1O. The van der Waals surface area contributed by atoms with Crippen molar-refractivity contribution in [3.63, 3.8) is 0 Å². The molecule has 0 fully saturated rings. The summed E-state index contributed by atoms with van der Waals surface area (Å²) in [6.45, 7) is 19.6. The van der Waals surface area contributed by atoms with E-state index in [1.165, 1.54) is 18.2 Å². The first-order valence-corrected chi connectivity index (χ1v) is 10.7. The molecule has 0 atom stereocenters. The van der Waals surface area contributed by atoms with Gasteiger partial charge in [0.15, 0.2) is 5.78 Å². The van der Waals surface area contributed by atoms with Crippen LogP contribution in [0.2, 0.25) is 0 Å². The lowest BCUT2D eigenvalue weighted by Gasteiger charge is -2.32. The molecule has 0 amide bonds. The van der Waals surface area contributed by atoms with Gasteiger partial charge in [0.2, 0.25) is 0 Å². The number of hydrogen-bond donors (Lipinski definition) is 2. The van der Waals surface area contributed by atoms with Gasteiger partial charge in [-0.1, -0.05) is 39.8 Å². The Labute approximate surface area is 191 Å². The maximum atomic E-state index is 12.7. The summed E-state index contributed by atoms with van der Waals surface area (Å²) in [6, 6.07) is 7.94. The number of allylic oxidation sites excluding steroid dienone is 3. The zero-order valence-corrected chi connectivity index (χ0v) is 19.9. The van der Waals surface area contributed by atoms with E-state index in [0.29, 0.717) is 28.0 Å². The zero-order chi connectivity index (χ0) is 24.3. The number of phenols is 2. The lowest BCUT2D eigenvalue weighted by atomic mass is 9.76. The van der Waals surface area contributed by atoms with Gasteiger partial charge in [-0.3, -0.25) is 4.79 Å². The van der Waals surface area contributed by atoms with Crippen LogP contribution >= 0.6 is 0 Å². The van der Waals surface area contributed by atoms with Crippen LogP contribution in [0.5, 0.6) is 17.2 Å². The van der Waals surface area contributed by atoms with E-state index in [-0.39, 0.29) is 23.4 Å². The molecule has 0 bridgehead atoms. The molecule has 0 spiro atoms. The highest BCUT2D eigenvalue weighted by atomic mass is 16.5. The third-order valence-electron chi connectivity index (χ3n) is 5.56. The van der Waals surface area contributed by atoms with Crippen LogP contribution in [0.3, 0.4) is 0 Å². The van der Waals surface area contributed by atoms with Crippen molar-refractivity contribution in [3.05, 3.63) is 84.0 Å². The van der Waals surface area contributed by atoms with Crippen molar-refractivity contribution in [2.24, 2.45) is 0 Å². The number of ether oxygens (including phenoxy) is 1. The Kier molecular flexibility index (Phi) is 7.40. The van der Waals surface area contributed by atoms with E-state index in [1.807, 2.05) is 47.6 Å². The van der Waals surface area contributed by atoms with E-state index >= 15 is 0 Å². The Balaban J connectivity index is 2.78. The maximum absolute atomic E-state index is 12.7. The molecule has 0 aliphatic rings. The second-order valence-electron chi connectivity index (χ2n) is 9.33. The molecule has 0 saturated heterocycles. The summed E-state index contributed by atoms with van der Waals surface area (Å²) >= 11 is 0. The van der Waals surface area contributed by atoms with Gasteiger partial charge in [-0.25, -0.2) is 0 Å². The lowest BCUT2D eigenvalue weighted by Crippen LogP contribution is -2.22. The van der Waals surface area contributed by atoms with E-state index in [0.717, 1.165) is 0 Å². The van der Waals surface area contributed by atoms with Crippen molar-refractivity contribution < 1.29 is 19.7 Å². The summed E-state index contributed by atoms with van der Waals surface area (Å²) < 4.78 is 6.17. The largest absolute Gasteiger partial charge is 0.508 e. The van der Waals surface area contributed by atoms with Crippen molar-refractivity contribution >= 4 is 11.9 Å². The van der Waals surface area contributed by atoms with Crippen molar-refractivity contribution in [3.8, 4) is 17.2 Å². The third kappa shape index (κ3) is 5.31. The highest BCUT2D eigenvalue weighted by Crippen LogP contribution is 2.47. The molecule has 0 aromatic heterocycles. The molecular formula is C28H34O4. The summed E-state index contributed by atoms with van der Waals surface area (Å²) in [7, 11) is 0. The highest BCUT2D eigenvalue weighted by Gasteiger charge is 2.33. The van der Waals surface area contributed by atoms with Gasteiger partial charge in [0.1, 0.15) is 17.2 Å². The van der Waals surface area contributed by atoms with Crippen LogP contribution in [0, 0.1) is 0 Å². The fourth-order valence-corrected chi connectivity index (χ4v) is 3.35. The minimum atomic E-state index is -0.592. The van der Waals surface area contributed by atoms with Crippen molar-refractivity contribution in [2.45, 2.75) is 58.5 Å². The molecule has 0 unspecified atom stereocenters. The Morgan fingerprint density at radius 2 is 1.56 bits per heavy atom. The highest BCUT2D eigenvalue weighted by molar-refractivity contribution is 6.07. The zero-order valence-electron chi connectivity index (χ0n) is 19.9. The van der Waals surface area contributed by atoms with Crippen molar-refractivity contribution in [2.75, 3.05) is 0 Å². The number of carbonyl (C=O) groups excluding carboxylic acids is 1. The van der Waals surface area contributed by atoms with Crippen LogP contribution < -0.4 is 4.74 Å². The van der Waals surface area contributed by atoms with E-state index in [4.69, 9.17) is 4.74 Å². The minimum Gasteiger partial charge on any atom is -0.508 e. The molecular weight excluding hydrogens is 400 g/mol. The van der Waals surface area contributed by atoms with E-state index < -0.39 is 10.8 Å². The van der Waals surface area contributed by atoms with Crippen LogP contribution in [-0.4, -0.2) is 22.1 Å². The molecule has 0 saturated carbocycles. The molecule has 0 radical (unpaired) electrons. The number of carbonyl (C=O) groups is 1. The molecule has 2 N–H and O–H groups in total. The van der Waals surface area contributed by atoms with E-state index in [2.05, 4.69) is 13.2 Å². The Bertz CT molecular complexity index is 1040. The molecule has 0 aliphatic carbocycles. The fraction of sp³-hybridized carbons (Fsp3) is 0.321. The maximum Gasteiger partial charge on any atom is 0.185 e. The molecule has 0 aliphatic heterocycles. The second kappa shape index (κ2) is 9.47. The first-order chi connectivity index (χ1) is 14.8. The molecule has 4 heteroatoms. The molecule has 2 aromatic carbocycles. The van der Waals surface area contributed by atoms with E-state index in [9.17, 15) is 15.0 Å². The van der Waals surface area contributed by atoms with Crippen LogP contribution in [0.15, 0.2) is 61.7 Å². The Morgan fingerprint density at radius 1 is 1.00 bits per heavy atom. The number of rotatable bonds is 9. The average Bonchev–Trinajstić information content (AvgIpc) is 2.72. The molecule has 0 heterocycles. The van der Waals surface area contributed by atoms with Gasteiger partial charge >= 0.3 is 0 Å². The quantitative estimate of drug-likeness (QED) is 0.261. The molecule has 2 aromatic rings. The van der Waals surface area contributed by atoms with Gasteiger partial charge in [-0.2, -0.15) is 0 Å². The first-order valence-electron chi connectivity index (χ1n) is 10.7. The van der Waals surface area contributed by atoms with Crippen molar-refractivity contribution in [1.29, 1.82) is 0 Å².